The van der Waals surface area contributed by atoms with E-state index in [9.17, 15) is 0 Å². The number of aryl methyl sites for hydroxylation is 2. The van der Waals surface area contributed by atoms with Gasteiger partial charge in [-0.25, -0.2) is 4.98 Å². The monoisotopic (exact) mass is 226 g/mol. The van der Waals surface area contributed by atoms with Gasteiger partial charge in [0.2, 0.25) is 0 Å². The van der Waals surface area contributed by atoms with Crippen LogP contribution in [0.15, 0.2) is 36.5 Å². The highest BCUT2D eigenvalue weighted by Crippen LogP contribution is 2.25. The molecular formula is C15H18N2. The maximum atomic E-state index is 5.91. The van der Waals surface area contributed by atoms with Crippen molar-refractivity contribution in [2.24, 2.45) is 0 Å². The maximum absolute atomic E-state index is 5.91. The Bertz CT molecular complexity index is 501. The zero-order valence-corrected chi connectivity index (χ0v) is 10.4. The van der Waals surface area contributed by atoms with Crippen molar-refractivity contribution in [1.29, 1.82) is 0 Å². The Hall–Kier alpha value is -1.83. The Kier molecular flexibility index (Phi) is 3.43. The van der Waals surface area contributed by atoms with Gasteiger partial charge in [-0.15, -0.1) is 0 Å². The lowest BCUT2D eigenvalue weighted by atomic mass is 10.0. The smallest absolute Gasteiger partial charge is 0.131 e. The lowest BCUT2D eigenvalue weighted by molar-refractivity contribution is 0.922. The summed E-state index contributed by atoms with van der Waals surface area (Å²) in [5.74, 6) is 0.596. The summed E-state index contributed by atoms with van der Waals surface area (Å²) in [5, 5.41) is 0. The second-order valence-electron chi connectivity index (χ2n) is 4.39. The van der Waals surface area contributed by atoms with Crippen LogP contribution < -0.4 is 5.73 Å². The molecule has 0 amide bonds. The summed E-state index contributed by atoms with van der Waals surface area (Å²) in [7, 11) is 0. The van der Waals surface area contributed by atoms with E-state index in [1.54, 1.807) is 6.20 Å². The van der Waals surface area contributed by atoms with Crippen molar-refractivity contribution >= 4 is 5.82 Å². The minimum absolute atomic E-state index is 0.596. The van der Waals surface area contributed by atoms with Crippen molar-refractivity contribution in [3.8, 4) is 11.1 Å². The normalized spacial score (nSPS) is 10.5. The number of hydrogen-bond acceptors (Lipinski definition) is 2. The molecule has 0 radical (unpaired) electrons. The van der Waals surface area contributed by atoms with E-state index >= 15 is 0 Å². The lowest BCUT2D eigenvalue weighted by Crippen LogP contribution is -1.95. The predicted molar refractivity (Wildman–Crippen MR) is 72.8 cm³/mol. The molecule has 0 aliphatic heterocycles. The van der Waals surface area contributed by atoms with Crippen LogP contribution in [0.25, 0.3) is 11.1 Å². The summed E-state index contributed by atoms with van der Waals surface area (Å²) in [5.41, 5.74) is 10.6. The van der Waals surface area contributed by atoms with Gasteiger partial charge in [0, 0.05) is 11.8 Å². The van der Waals surface area contributed by atoms with Gasteiger partial charge in [-0.05, 0) is 36.1 Å². The summed E-state index contributed by atoms with van der Waals surface area (Å²) >= 11 is 0. The molecule has 0 atom stereocenters. The first kappa shape index (κ1) is 11.6. The van der Waals surface area contributed by atoms with Crippen LogP contribution in [0.1, 0.15) is 24.5 Å². The second-order valence-corrected chi connectivity index (χ2v) is 4.39. The van der Waals surface area contributed by atoms with E-state index < -0.39 is 0 Å². The molecule has 2 heteroatoms. The molecule has 17 heavy (non-hydrogen) atoms. The first-order valence-corrected chi connectivity index (χ1v) is 6.02. The molecular weight excluding hydrogens is 208 g/mol. The van der Waals surface area contributed by atoms with E-state index in [-0.39, 0.29) is 0 Å². The van der Waals surface area contributed by atoms with Crippen molar-refractivity contribution in [2.75, 3.05) is 5.73 Å². The molecule has 2 rings (SSSR count). The Morgan fingerprint density at radius 1 is 1.18 bits per heavy atom. The fourth-order valence-electron chi connectivity index (χ4n) is 1.95. The molecule has 0 fully saturated rings. The molecule has 2 N–H and O–H groups in total. The van der Waals surface area contributed by atoms with Crippen molar-refractivity contribution < 1.29 is 0 Å². The quantitative estimate of drug-likeness (QED) is 0.868. The minimum atomic E-state index is 0.596. The van der Waals surface area contributed by atoms with Gasteiger partial charge in [-0.2, -0.15) is 0 Å². The van der Waals surface area contributed by atoms with Crippen molar-refractivity contribution in [1.82, 2.24) is 4.98 Å². The van der Waals surface area contributed by atoms with Crippen LogP contribution in [0.3, 0.4) is 0 Å². The van der Waals surface area contributed by atoms with Gasteiger partial charge >= 0.3 is 0 Å². The van der Waals surface area contributed by atoms with Crippen LogP contribution in [0, 0.1) is 6.92 Å². The number of hydrogen-bond donors (Lipinski definition) is 1. The van der Waals surface area contributed by atoms with Gasteiger partial charge in [0.1, 0.15) is 5.82 Å². The molecule has 2 aromatic rings. The Morgan fingerprint density at radius 3 is 2.53 bits per heavy atom. The number of pyridine rings is 1. The second kappa shape index (κ2) is 5.00. The van der Waals surface area contributed by atoms with Gasteiger partial charge in [0.25, 0.3) is 0 Å². The summed E-state index contributed by atoms with van der Waals surface area (Å²) < 4.78 is 0. The highest BCUT2D eigenvalue weighted by Gasteiger charge is 2.04. The zero-order valence-electron chi connectivity index (χ0n) is 10.4. The average Bonchev–Trinajstić information content (AvgIpc) is 2.34. The topological polar surface area (TPSA) is 38.9 Å². The third kappa shape index (κ3) is 2.64. The molecule has 1 aromatic heterocycles. The number of nitrogens with zero attached hydrogens (tertiary/aromatic N) is 1. The Morgan fingerprint density at radius 2 is 1.88 bits per heavy atom. The van der Waals surface area contributed by atoms with Gasteiger partial charge in [-0.1, -0.05) is 37.6 Å². The summed E-state index contributed by atoms with van der Waals surface area (Å²) in [4.78, 5) is 4.19. The Labute approximate surface area is 103 Å². The molecule has 0 saturated heterocycles. The average molecular weight is 226 g/mol. The molecule has 2 nitrogen and oxygen atoms in total. The first-order valence-electron chi connectivity index (χ1n) is 6.02. The van der Waals surface area contributed by atoms with Crippen LogP contribution in [-0.4, -0.2) is 4.98 Å². The van der Waals surface area contributed by atoms with Crippen LogP contribution >= 0.6 is 0 Å². The van der Waals surface area contributed by atoms with E-state index in [1.165, 1.54) is 12.0 Å². The fourth-order valence-corrected chi connectivity index (χ4v) is 1.95. The molecule has 0 spiro atoms. The van der Waals surface area contributed by atoms with Crippen LogP contribution in [0.2, 0.25) is 0 Å². The van der Waals surface area contributed by atoms with Gasteiger partial charge < -0.3 is 5.73 Å². The van der Waals surface area contributed by atoms with Gasteiger partial charge in [0.05, 0.1) is 0 Å². The number of nitrogen functional groups attached to an aromatic ring is 1. The number of anilines is 1. The molecule has 88 valence electrons. The highest BCUT2D eigenvalue weighted by atomic mass is 14.8. The zero-order chi connectivity index (χ0) is 12.3. The standard InChI is InChI=1S/C15H18N2/c1-3-4-12-5-7-13(8-6-12)14-9-11(2)10-17-15(14)16/h5-10H,3-4H2,1-2H3,(H2,16,17). The fraction of sp³-hybridized carbons (Fsp3) is 0.267. The van der Waals surface area contributed by atoms with Gasteiger partial charge in [-0.3, -0.25) is 0 Å². The molecule has 1 heterocycles. The molecule has 1 aromatic carbocycles. The number of nitrogens with two attached hydrogens (primary N) is 1. The third-order valence-corrected chi connectivity index (χ3v) is 2.86. The largest absolute Gasteiger partial charge is 0.383 e. The molecule has 0 bridgehead atoms. The number of rotatable bonds is 3. The van der Waals surface area contributed by atoms with Gasteiger partial charge in [0.15, 0.2) is 0 Å². The van der Waals surface area contributed by atoms with E-state index in [0.29, 0.717) is 5.82 Å². The molecule has 0 aliphatic carbocycles. The summed E-state index contributed by atoms with van der Waals surface area (Å²) in [6.45, 7) is 4.22. The van der Waals surface area contributed by atoms with E-state index in [2.05, 4.69) is 42.2 Å². The number of benzene rings is 1. The summed E-state index contributed by atoms with van der Waals surface area (Å²) in [6, 6.07) is 10.7. The predicted octanol–water partition coefficient (Wildman–Crippen LogP) is 3.59. The van der Waals surface area contributed by atoms with Crippen LogP contribution in [0.5, 0.6) is 0 Å². The van der Waals surface area contributed by atoms with Crippen molar-refractivity contribution in [2.45, 2.75) is 26.7 Å². The van der Waals surface area contributed by atoms with Crippen LogP contribution in [-0.2, 0) is 6.42 Å². The summed E-state index contributed by atoms with van der Waals surface area (Å²) in [6.07, 6.45) is 4.10. The molecule has 0 aliphatic rings. The minimum Gasteiger partial charge on any atom is -0.383 e. The lowest BCUT2D eigenvalue weighted by Gasteiger charge is -2.07. The Balaban J connectivity index is 2.36. The van der Waals surface area contributed by atoms with E-state index in [0.717, 1.165) is 23.1 Å². The van der Waals surface area contributed by atoms with E-state index in [1.807, 2.05) is 6.92 Å². The highest BCUT2D eigenvalue weighted by molar-refractivity contribution is 5.74. The third-order valence-electron chi connectivity index (χ3n) is 2.86. The van der Waals surface area contributed by atoms with Crippen molar-refractivity contribution in [3.63, 3.8) is 0 Å². The molecule has 0 unspecified atom stereocenters. The maximum Gasteiger partial charge on any atom is 0.131 e. The van der Waals surface area contributed by atoms with Crippen LogP contribution in [0.4, 0.5) is 5.82 Å². The SMILES string of the molecule is CCCc1ccc(-c2cc(C)cnc2N)cc1. The first-order chi connectivity index (χ1) is 8.20. The van der Waals surface area contributed by atoms with E-state index in [4.69, 9.17) is 5.73 Å². The number of aromatic nitrogens is 1. The molecule has 0 saturated carbocycles. The van der Waals surface area contributed by atoms with Crippen molar-refractivity contribution in [3.05, 3.63) is 47.7 Å².